The Morgan fingerprint density at radius 2 is 2.00 bits per heavy atom. The van der Waals surface area contributed by atoms with E-state index >= 15 is 0 Å². The van der Waals surface area contributed by atoms with Gasteiger partial charge in [-0.1, -0.05) is 23.9 Å². The Balaban J connectivity index is 1.99. The molecule has 12 heteroatoms. The van der Waals surface area contributed by atoms with Crippen molar-refractivity contribution in [1.29, 1.82) is 0 Å². The second kappa shape index (κ2) is 7.68. The first-order valence-electron chi connectivity index (χ1n) is 6.61. The minimum Gasteiger partial charge on any atom is -0.433 e. The van der Waals surface area contributed by atoms with E-state index in [1.54, 1.807) is 0 Å². The normalized spacial score (nSPS) is 11.6. The fraction of sp³-hybridized carbons (Fsp3) is 0.308. The number of carbonyl (C=O) groups excluding carboxylic acids is 1. The van der Waals surface area contributed by atoms with Crippen LogP contribution in [0.4, 0.5) is 27.6 Å². The number of ether oxygens (including phenoxy) is 1. The zero-order valence-electron chi connectivity index (χ0n) is 12.6. The van der Waals surface area contributed by atoms with Gasteiger partial charge in [-0.3, -0.25) is 4.79 Å². The third-order valence-electron chi connectivity index (χ3n) is 2.80. The molecule has 0 aliphatic carbocycles. The average Bonchev–Trinajstić information content (AvgIpc) is 2.88. The summed E-state index contributed by atoms with van der Waals surface area (Å²) in [6, 6.07) is 5.54. The molecule has 2 aromatic rings. The lowest BCUT2D eigenvalue weighted by atomic mass is 10.3. The van der Waals surface area contributed by atoms with Gasteiger partial charge in [0.2, 0.25) is 11.7 Å². The van der Waals surface area contributed by atoms with Crippen molar-refractivity contribution in [1.82, 2.24) is 14.8 Å². The Bertz CT molecular complexity index is 750. The van der Waals surface area contributed by atoms with E-state index in [9.17, 15) is 26.7 Å². The number of rotatable bonds is 6. The Hall–Kier alpha value is -2.37. The fourth-order valence-electron chi connectivity index (χ4n) is 1.77. The largest absolute Gasteiger partial charge is 0.451 e. The first kappa shape index (κ1) is 19.0. The van der Waals surface area contributed by atoms with Crippen LogP contribution in [-0.2, 0) is 18.0 Å². The molecule has 1 aromatic carbocycles. The number of para-hydroxylation sites is 2. The summed E-state index contributed by atoms with van der Waals surface area (Å²) in [4.78, 5) is 11.9. The van der Waals surface area contributed by atoms with Crippen LogP contribution in [-0.4, -0.2) is 33.0 Å². The van der Waals surface area contributed by atoms with Crippen molar-refractivity contribution in [2.75, 3.05) is 11.1 Å². The number of alkyl halides is 5. The van der Waals surface area contributed by atoms with Crippen LogP contribution in [0.15, 0.2) is 29.4 Å². The van der Waals surface area contributed by atoms with Crippen LogP contribution in [0.5, 0.6) is 5.75 Å². The smallest absolute Gasteiger partial charge is 0.433 e. The van der Waals surface area contributed by atoms with Gasteiger partial charge >= 0.3 is 12.8 Å². The maximum Gasteiger partial charge on any atom is 0.451 e. The number of anilines is 1. The molecule has 1 aromatic heterocycles. The molecule has 0 saturated heterocycles. The second-order valence-corrected chi connectivity index (χ2v) is 5.52. The lowest BCUT2D eigenvalue weighted by molar-refractivity contribution is -0.147. The Labute approximate surface area is 142 Å². The molecule has 0 spiro atoms. The number of carbonyl (C=O) groups is 1. The first-order chi connectivity index (χ1) is 11.7. The highest BCUT2D eigenvalue weighted by Gasteiger charge is 2.37. The predicted molar refractivity (Wildman–Crippen MR) is 78.4 cm³/mol. The second-order valence-electron chi connectivity index (χ2n) is 4.57. The van der Waals surface area contributed by atoms with Crippen molar-refractivity contribution in [2.45, 2.75) is 17.9 Å². The molecule has 1 amide bonds. The number of halogens is 5. The zero-order chi connectivity index (χ0) is 18.6. The molecule has 0 bridgehead atoms. The summed E-state index contributed by atoms with van der Waals surface area (Å²) in [5, 5.41) is 8.63. The van der Waals surface area contributed by atoms with Crippen LogP contribution in [0.25, 0.3) is 0 Å². The third-order valence-corrected chi connectivity index (χ3v) is 3.82. The highest BCUT2D eigenvalue weighted by molar-refractivity contribution is 7.99. The molecule has 2 rings (SSSR count). The highest BCUT2D eigenvalue weighted by atomic mass is 32.2. The zero-order valence-corrected chi connectivity index (χ0v) is 13.4. The Morgan fingerprint density at radius 1 is 1.32 bits per heavy atom. The number of nitrogens with zero attached hydrogens (tertiary/aromatic N) is 3. The van der Waals surface area contributed by atoms with E-state index in [0.29, 0.717) is 4.57 Å². The topological polar surface area (TPSA) is 69.0 Å². The van der Waals surface area contributed by atoms with Crippen molar-refractivity contribution in [3.05, 3.63) is 30.1 Å². The van der Waals surface area contributed by atoms with Crippen molar-refractivity contribution in [3.63, 3.8) is 0 Å². The van der Waals surface area contributed by atoms with E-state index in [2.05, 4.69) is 20.3 Å². The molecule has 0 aliphatic rings. The lowest BCUT2D eigenvalue weighted by Gasteiger charge is -2.11. The summed E-state index contributed by atoms with van der Waals surface area (Å²) in [7, 11) is 1.12. The number of amides is 1. The summed E-state index contributed by atoms with van der Waals surface area (Å²) in [6.07, 6.45) is -4.66. The molecule has 136 valence electrons. The molecule has 1 N–H and O–H groups in total. The van der Waals surface area contributed by atoms with Gasteiger partial charge in [0.25, 0.3) is 0 Å². The molecule has 0 unspecified atom stereocenters. The number of thioether (sulfide) groups is 1. The molecule has 0 fully saturated rings. The predicted octanol–water partition coefficient (Wildman–Crippen LogP) is 3.17. The molecule has 1 heterocycles. The minimum absolute atomic E-state index is 0.0161. The van der Waals surface area contributed by atoms with E-state index in [4.69, 9.17) is 0 Å². The highest BCUT2D eigenvalue weighted by Crippen LogP contribution is 2.30. The number of aromatic nitrogens is 3. The van der Waals surface area contributed by atoms with Crippen LogP contribution in [0.2, 0.25) is 0 Å². The lowest BCUT2D eigenvalue weighted by Crippen LogP contribution is -2.16. The molecular formula is C13H11F5N4O2S. The molecule has 25 heavy (non-hydrogen) atoms. The average molecular weight is 382 g/mol. The van der Waals surface area contributed by atoms with Gasteiger partial charge in [-0.25, -0.2) is 0 Å². The summed E-state index contributed by atoms with van der Waals surface area (Å²) >= 11 is 0.719. The van der Waals surface area contributed by atoms with Crippen LogP contribution >= 0.6 is 11.8 Å². The summed E-state index contributed by atoms with van der Waals surface area (Å²) in [5.41, 5.74) is 0.0161. The Morgan fingerprint density at radius 3 is 2.60 bits per heavy atom. The quantitative estimate of drug-likeness (QED) is 0.614. The molecular weight excluding hydrogens is 371 g/mol. The van der Waals surface area contributed by atoms with Gasteiger partial charge in [0.05, 0.1) is 11.4 Å². The fourth-order valence-corrected chi connectivity index (χ4v) is 2.48. The van der Waals surface area contributed by atoms with Gasteiger partial charge in [-0.05, 0) is 12.1 Å². The van der Waals surface area contributed by atoms with Crippen molar-refractivity contribution in [3.8, 4) is 5.75 Å². The maximum atomic E-state index is 12.6. The summed E-state index contributed by atoms with van der Waals surface area (Å²) in [5.74, 6) is -2.35. The van der Waals surface area contributed by atoms with Gasteiger partial charge < -0.3 is 14.6 Å². The van der Waals surface area contributed by atoms with E-state index in [0.717, 1.165) is 18.8 Å². The van der Waals surface area contributed by atoms with E-state index in [-0.39, 0.29) is 22.3 Å². The van der Waals surface area contributed by atoms with E-state index in [1.807, 2.05) is 0 Å². The first-order valence-corrected chi connectivity index (χ1v) is 7.60. The number of hydrogen-bond donors (Lipinski definition) is 1. The van der Waals surface area contributed by atoms with Crippen molar-refractivity contribution >= 4 is 23.4 Å². The van der Waals surface area contributed by atoms with Gasteiger partial charge in [0, 0.05) is 7.05 Å². The maximum absolute atomic E-state index is 12.6. The van der Waals surface area contributed by atoms with E-state index < -0.39 is 24.5 Å². The molecule has 0 radical (unpaired) electrons. The van der Waals surface area contributed by atoms with Crippen LogP contribution in [0.3, 0.4) is 0 Å². The monoisotopic (exact) mass is 382 g/mol. The van der Waals surface area contributed by atoms with Gasteiger partial charge in [0.15, 0.2) is 5.16 Å². The summed E-state index contributed by atoms with van der Waals surface area (Å²) < 4.78 is 67.4. The minimum atomic E-state index is -4.66. The van der Waals surface area contributed by atoms with Crippen LogP contribution < -0.4 is 10.1 Å². The molecule has 0 aliphatic heterocycles. The molecule has 6 nitrogen and oxygen atoms in total. The van der Waals surface area contributed by atoms with Gasteiger partial charge in [-0.15, -0.1) is 10.2 Å². The van der Waals surface area contributed by atoms with E-state index in [1.165, 1.54) is 24.3 Å². The van der Waals surface area contributed by atoms with Crippen LogP contribution in [0.1, 0.15) is 5.82 Å². The van der Waals surface area contributed by atoms with Crippen molar-refractivity contribution in [2.24, 2.45) is 7.05 Å². The standard InChI is InChI=1S/C13H11F5N4O2S/c1-22-10(13(16,17)18)20-21-12(22)25-6-9(23)19-7-4-2-3-5-8(7)24-11(14)15/h2-5,11H,6H2,1H3,(H,19,23). The van der Waals surface area contributed by atoms with Gasteiger partial charge in [0.1, 0.15) is 5.75 Å². The summed E-state index contributed by atoms with van der Waals surface area (Å²) in [6.45, 7) is -3.06. The number of nitrogens with one attached hydrogen (secondary N) is 1. The number of hydrogen-bond acceptors (Lipinski definition) is 5. The molecule has 0 saturated carbocycles. The van der Waals surface area contributed by atoms with Gasteiger partial charge in [-0.2, -0.15) is 22.0 Å². The Kier molecular flexibility index (Phi) is 5.82. The number of benzene rings is 1. The third kappa shape index (κ3) is 5.05. The molecule has 0 atom stereocenters. The van der Waals surface area contributed by atoms with Crippen molar-refractivity contribution < 1.29 is 31.5 Å². The SMILES string of the molecule is Cn1c(SCC(=O)Nc2ccccc2OC(F)F)nnc1C(F)(F)F. The van der Waals surface area contributed by atoms with Crippen LogP contribution in [0, 0.1) is 0 Å².